The van der Waals surface area contributed by atoms with Gasteiger partial charge in [0.05, 0.1) is 0 Å². The van der Waals surface area contributed by atoms with E-state index >= 15 is 0 Å². The van der Waals surface area contributed by atoms with Crippen LogP contribution in [0.3, 0.4) is 0 Å². The molecule has 0 bridgehead atoms. The zero-order chi connectivity index (χ0) is 33.7. The molecular weight excluding hydrogens is 635 g/mol. The first kappa shape index (κ1) is 34.0. The Labute approximate surface area is 266 Å². The zero-order valence-corrected chi connectivity index (χ0v) is 27.3. The van der Waals surface area contributed by atoms with Gasteiger partial charge in [-0.2, -0.15) is 0 Å². The minimum atomic E-state index is -4.85. The van der Waals surface area contributed by atoms with Gasteiger partial charge in [0.1, 0.15) is 0 Å². The molecule has 0 saturated carbocycles. The van der Waals surface area contributed by atoms with E-state index in [1.54, 1.807) is 61.3 Å². The van der Waals surface area contributed by atoms with Gasteiger partial charge in [0.2, 0.25) is 0 Å². The van der Waals surface area contributed by atoms with Gasteiger partial charge in [-0.3, -0.25) is 0 Å². The fourth-order valence-electron chi connectivity index (χ4n) is 5.02. The van der Waals surface area contributed by atoms with E-state index in [0.29, 0.717) is 15.9 Å². The third-order valence-corrected chi connectivity index (χ3v) is 15.2. The Morgan fingerprint density at radius 2 is 0.848 bits per heavy atom. The maximum atomic E-state index is 14.5. The summed E-state index contributed by atoms with van der Waals surface area (Å²) in [6, 6.07) is 24.1. The van der Waals surface area contributed by atoms with Crippen molar-refractivity contribution in [3.8, 4) is 0 Å². The van der Waals surface area contributed by atoms with Crippen molar-refractivity contribution in [2.45, 2.75) is 4.90 Å². The van der Waals surface area contributed by atoms with Crippen molar-refractivity contribution >= 4 is 56.7 Å². The molecule has 240 valence electrons. The number of rotatable bonds is 10. The van der Waals surface area contributed by atoms with Crippen molar-refractivity contribution in [1.82, 2.24) is 0 Å². The quantitative estimate of drug-likeness (QED) is 0.139. The number of carbonyl (C=O) groups is 4. The van der Waals surface area contributed by atoms with Crippen LogP contribution in [0, 0.1) is 0 Å². The molecule has 0 fully saturated rings. The second-order valence-corrected chi connectivity index (χ2v) is 16.6. The molecule has 4 aromatic rings. The molecule has 0 aromatic heterocycles. The summed E-state index contributed by atoms with van der Waals surface area (Å²) in [6.45, 7) is -2.99. The van der Waals surface area contributed by atoms with Crippen LogP contribution < -0.4 is 15.9 Å². The Bertz CT molecular complexity index is 1810. The van der Waals surface area contributed by atoms with Crippen LogP contribution >= 0.6 is 6.83 Å². The molecule has 0 amide bonds. The molecule has 4 aromatic carbocycles. The normalized spacial score (nSPS) is 12.2. The Kier molecular flexibility index (Phi) is 9.77. The Balaban J connectivity index is 2.10. The fraction of sp³-hybridized carbons (Fsp3) is 0.152. The molecule has 4 rings (SSSR count). The summed E-state index contributed by atoms with van der Waals surface area (Å²) >= 11 is 0. The van der Waals surface area contributed by atoms with Gasteiger partial charge >= 0.3 is 267 Å². The van der Waals surface area contributed by atoms with Crippen LogP contribution in [0.25, 0.3) is 0 Å². The van der Waals surface area contributed by atoms with E-state index in [1.807, 2.05) is 0 Å². The van der Waals surface area contributed by atoms with Gasteiger partial charge in [-0.05, 0) is 0 Å². The van der Waals surface area contributed by atoms with E-state index < -0.39 is 45.7 Å². The summed E-state index contributed by atoms with van der Waals surface area (Å²) in [6.07, 6.45) is 0. The molecule has 0 heterocycles. The molecule has 0 N–H and O–H groups in total. The van der Waals surface area contributed by atoms with Gasteiger partial charge in [0, 0.05) is 0 Å². The summed E-state index contributed by atoms with van der Waals surface area (Å²) in [5, 5.41) is 1.24. The average Bonchev–Trinajstić information content (AvgIpc) is 3.10. The number of esters is 4. The second-order valence-electron chi connectivity index (χ2n) is 10.1. The van der Waals surface area contributed by atoms with Gasteiger partial charge in [0.25, 0.3) is 0 Å². The predicted molar refractivity (Wildman–Crippen MR) is 171 cm³/mol. The van der Waals surface area contributed by atoms with Crippen molar-refractivity contribution in [1.29, 1.82) is 0 Å². The van der Waals surface area contributed by atoms with Crippen LogP contribution in [0.2, 0.25) is 0 Å². The first-order valence-electron chi connectivity index (χ1n) is 13.6. The van der Waals surface area contributed by atoms with Crippen LogP contribution in [0.15, 0.2) is 102 Å². The van der Waals surface area contributed by atoms with Crippen molar-refractivity contribution in [3.05, 3.63) is 119 Å². The van der Waals surface area contributed by atoms with Crippen LogP contribution in [0.5, 0.6) is 0 Å². The summed E-state index contributed by atoms with van der Waals surface area (Å²) < 4.78 is 54.8. The number of hydrogen-bond acceptors (Lipinski definition) is 11. The third kappa shape index (κ3) is 6.15. The Morgan fingerprint density at radius 3 is 1.22 bits per heavy atom. The molecule has 11 nitrogen and oxygen atoms in total. The van der Waals surface area contributed by atoms with Gasteiger partial charge in [-0.1, -0.05) is 0 Å². The van der Waals surface area contributed by atoms with Crippen LogP contribution in [-0.4, -0.2) is 67.4 Å². The summed E-state index contributed by atoms with van der Waals surface area (Å²) in [7, 11) is -0.147. The molecular formula is C33H31O11PS. The number of ether oxygens (including phenoxy) is 4. The van der Waals surface area contributed by atoms with Gasteiger partial charge in [-0.25, -0.2) is 0 Å². The van der Waals surface area contributed by atoms with Gasteiger partial charge < -0.3 is 0 Å². The second kappa shape index (κ2) is 13.2. The van der Waals surface area contributed by atoms with Crippen molar-refractivity contribution in [2.24, 2.45) is 0 Å². The minimum absolute atomic E-state index is 0.210. The summed E-state index contributed by atoms with van der Waals surface area (Å²) in [5.74, 6) is -2.99. The average molecular weight is 667 g/mol. The molecule has 46 heavy (non-hydrogen) atoms. The van der Waals surface area contributed by atoms with Gasteiger partial charge in [0.15, 0.2) is 0 Å². The third-order valence-electron chi connectivity index (χ3n) is 7.52. The Morgan fingerprint density at radius 1 is 0.500 bits per heavy atom. The Hall–Kier alpha value is -4.90. The molecule has 13 heteroatoms. The van der Waals surface area contributed by atoms with E-state index in [2.05, 4.69) is 0 Å². The van der Waals surface area contributed by atoms with E-state index in [9.17, 15) is 27.6 Å². The van der Waals surface area contributed by atoms with E-state index in [-0.39, 0.29) is 22.3 Å². The molecule has 0 spiro atoms. The van der Waals surface area contributed by atoms with Crippen molar-refractivity contribution in [3.63, 3.8) is 0 Å². The molecule has 0 aliphatic carbocycles. The number of benzene rings is 4. The molecule has 0 atom stereocenters. The molecule has 0 saturated heterocycles. The van der Waals surface area contributed by atoms with E-state index in [4.69, 9.17) is 22.9 Å². The summed E-state index contributed by atoms with van der Waals surface area (Å²) in [4.78, 5) is 49.1. The van der Waals surface area contributed by atoms with E-state index in [0.717, 1.165) is 32.4 Å². The predicted octanol–water partition coefficient (Wildman–Crippen LogP) is 3.61. The fourth-order valence-corrected chi connectivity index (χ4v) is 12.4. The number of carbonyl (C=O) groups excluding carboxylic acids is 4. The molecule has 0 aliphatic heterocycles. The maximum absolute atomic E-state index is 14.5. The van der Waals surface area contributed by atoms with Gasteiger partial charge in [-0.15, -0.1) is 0 Å². The SMILES string of the molecule is COC(=O)c1ccc(P(C)(OS(=O)(=O)c2cc(C(=O)OC)cc(C(=O)OC)c2)(c2ccccc2)c2ccc(C(=O)OC)cc2)cc1. The topological polar surface area (TPSA) is 149 Å². The monoisotopic (exact) mass is 666 g/mol. The van der Waals surface area contributed by atoms with Crippen molar-refractivity contribution < 1.29 is 50.5 Å². The molecule has 0 aliphatic rings. The number of methoxy groups -OCH3 is 4. The summed E-state index contributed by atoms with van der Waals surface area (Å²) in [5.41, 5.74) is -0.0364. The van der Waals surface area contributed by atoms with Crippen LogP contribution in [-0.2, 0) is 33.0 Å². The molecule has 0 radical (unpaired) electrons. The molecule has 0 unspecified atom stereocenters. The van der Waals surface area contributed by atoms with Crippen LogP contribution in [0.1, 0.15) is 41.4 Å². The number of hydrogen-bond donors (Lipinski definition) is 0. The first-order chi connectivity index (χ1) is 21.8. The van der Waals surface area contributed by atoms with E-state index in [1.165, 1.54) is 38.5 Å². The van der Waals surface area contributed by atoms with Crippen LogP contribution in [0.4, 0.5) is 0 Å². The zero-order valence-electron chi connectivity index (χ0n) is 25.6. The standard InChI is InChI=1S/C33H31O11PS/c1-40-30(34)22-11-15-27(16-12-22)45(5,26-9-7-6-8-10-26,28-17-13-23(14-18-28)31(35)41-2)44-46(38,39)29-20-24(32(36)42-3)19-25(21-29)33(37)43-4/h6-21H,1-5H3. The first-order valence-corrected chi connectivity index (χ1v) is 17.6. The van der Waals surface area contributed by atoms with Crippen molar-refractivity contribution in [2.75, 3.05) is 35.1 Å².